The summed E-state index contributed by atoms with van der Waals surface area (Å²) in [6.07, 6.45) is -5.05. The van der Waals surface area contributed by atoms with Crippen LogP contribution < -0.4 is 4.74 Å². The first-order valence-corrected chi connectivity index (χ1v) is 5.96. The Kier molecular flexibility index (Phi) is 4.29. The minimum Gasteiger partial charge on any atom is -0.461 e. The maximum Gasteiger partial charge on any atom is 0.573 e. The molecule has 22 heavy (non-hydrogen) atoms. The van der Waals surface area contributed by atoms with Gasteiger partial charge in [0.1, 0.15) is 5.69 Å². The molecule has 0 amide bonds. The van der Waals surface area contributed by atoms with E-state index in [-0.39, 0.29) is 23.6 Å². The van der Waals surface area contributed by atoms with Crippen molar-refractivity contribution >= 4 is 5.97 Å². The highest BCUT2D eigenvalue weighted by Gasteiger charge is 2.33. The molecule has 0 unspecified atom stereocenters. The van der Waals surface area contributed by atoms with Crippen LogP contribution in [0.25, 0.3) is 11.3 Å². The first-order chi connectivity index (χ1) is 10.3. The van der Waals surface area contributed by atoms with Crippen LogP contribution in [-0.2, 0) is 4.74 Å². The zero-order valence-electron chi connectivity index (χ0n) is 11.1. The number of hydrogen-bond acceptors (Lipinski definition) is 5. The number of carbonyl (C=O) groups excluding carboxylic acids is 1. The standard InChI is InChI=1S/C12H9F4N3O3/c1-2-21-11(20)10-9(17-19-18-10)6-4-3-5-7(8(6)13)22-12(14,15)16/h3-5H,2H2,1H3,(H,17,18,19). The molecule has 2 rings (SSSR count). The number of alkyl halides is 3. The van der Waals surface area contributed by atoms with Gasteiger partial charge in [0.25, 0.3) is 0 Å². The van der Waals surface area contributed by atoms with Gasteiger partial charge in [-0.2, -0.15) is 10.3 Å². The van der Waals surface area contributed by atoms with Crippen LogP contribution in [0.2, 0.25) is 0 Å². The molecule has 2 aromatic rings. The predicted octanol–water partition coefficient (Wildman–Crippen LogP) is 2.69. The molecule has 0 aliphatic carbocycles. The average molecular weight is 319 g/mol. The van der Waals surface area contributed by atoms with Gasteiger partial charge in [-0.1, -0.05) is 6.07 Å². The Labute approximate surface area is 121 Å². The second-order valence-electron chi connectivity index (χ2n) is 3.91. The first kappa shape index (κ1) is 15.7. The fourth-order valence-electron chi connectivity index (χ4n) is 1.66. The largest absolute Gasteiger partial charge is 0.573 e. The average Bonchev–Trinajstić information content (AvgIpc) is 2.89. The molecule has 0 radical (unpaired) electrons. The van der Waals surface area contributed by atoms with E-state index < -0.39 is 23.9 Å². The van der Waals surface area contributed by atoms with E-state index in [1.807, 2.05) is 0 Å². The summed E-state index contributed by atoms with van der Waals surface area (Å²) >= 11 is 0. The van der Waals surface area contributed by atoms with Crippen molar-refractivity contribution in [1.29, 1.82) is 0 Å². The van der Waals surface area contributed by atoms with E-state index >= 15 is 0 Å². The number of esters is 1. The molecule has 1 aromatic heterocycles. The summed E-state index contributed by atoms with van der Waals surface area (Å²) in [7, 11) is 0. The van der Waals surface area contributed by atoms with Crippen molar-refractivity contribution in [3.8, 4) is 17.0 Å². The van der Waals surface area contributed by atoms with E-state index in [4.69, 9.17) is 4.74 Å². The lowest BCUT2D eigenvalue weighted by Crippen LogP contribution is -2.18. The van der Waals surface area contributed by atoms with Crippen molar-refractivity contribution in [1.82, 2.24) is 15.4 Å². The van der Waals surface area contributed by atoms with Gasteiger partial charge < -0.3 is 9.47 Å². The second-order valence-corrected chi connectivity index (χ2v) is 3.91. The van der Waals surface area contributed by atoms with Gasteiger partial charge in [-0.25, -0.2) is 9.18 Å². The van der Waals surface area contributed by atoms with E-state index in [2.05, 4.69) is 20.1 Å². The third kappa shape index (κ3) is 3.32. The number of H-pyrrole nitrogens is 1. The number of carbonyl (C=O) groups is 1. The SMILES string of the molecule is CCOC(=O)c1n[nH]nc1-c1cccc(OC(F)(F)F)c1F. The van der Waals surface area contributed by atoms with Crippen LogP contribution in [0.1, 0.15) is 17.4 Å². The molecule has 10 heteroatoms. The number of halogens is 4. The van der Waals surface area contributed by atoms with Crippen molar-refractivity contribution < 1.29 is 31.8 Å². The Bertz CT molecular complexity index is 684. The number of nitrogens with zero attached hydrogens (tertiary/aromatic N) is 2. The van der Waals surface area contributed by atoms with Gasteiger partial charge >= 0.3 is 12.3 Å². The molecule has 0 fully saturated rings. The number of benzene rings is 1. The predicted molar refractivity (Wildman–Crippen MR) is 64.4 cm³/mol. The molecular weight excluding hydrogens is 310 g/mol. The maximum absolute atomic E-state index is 14.1. The number of rotatable bonds is 4. The van der Waals surface area contributed by atoms with Crippen LogP contribution in [-0.4, -0.2) is 34.3 Å². The molecule has 1 heterocycles. The number of ether oxygens (including phenoxy) is 2. The summed E-state index contributed by atoms with van der Waals surface area (Å²) in [4.78, 5) is 11.6. The quantitative estimate of drug-likeness (QED) is 0.692. The van der Waals surface area contributed by atoms with Crippen molar-refractivity contribution in [2.75, 3.05) is 6.61 Å². The molecule has 0 aliphatic heterocycles. The van der Waals surface area contributed by atoms with Crippen LogP contribution in [0.4, 0.5) is 17.6 Å². The number of hydrogen-bond donors (Lipinski definition) is 1. The highest BCUT2D eigenvalue weighted by atomic mass is 19.4. The van der Waals surface area contributed by atoms with Gasteiger partial charge in [0.2, 0.25) is 0 Å². The van der Waals surface area contributed by atoms with E-state index in [0.717, 1.165) is 18.2 Å². The maximum atomic E-state index is 14.1. The number of aromatic amines is 1. The highest BCUT2D eigenvalue weighted by molar-refractivity contribution is 5.94. The van der Waals surface area contributed by atoms with E-state index in [9.17, 15) is 22.4 Å². The van der Waals surface area contributed by atoms with Crippen molar-refractivity contribution in [3.05, 3.63) is 29.7 Å². The molecule has 0 aliphatic rings. The number of aromatic nitrogens is 3. The van der Waals surface area contributed by atoms with E-state index in [1.165, 1.54) is 0 Å². The first-order valence-electron chi connectivity index (χ1n) is 5.96. The highest BCUT2D eigenvalue weighted by Crippen LogP contribution is 2.32. The van der Waals surface area contributed by atoms with Gasteiger partial charge in [-0.15, -0.1) is 18.3 Å². The minimum atomic E-state index is -5.05. The molecule has 6 nitrogen and oxygen atoms in total. The van der Waals surface area contributed by atoms with Crippen molar-refractivity contribution in [2.24, 2.45) is 0 Å². The Hall–Kier alpha value is -2.65. The van der Waals surface area contributed by atoms with E-state index in [0.29, 0.717) is 0 Å². The lowest BCUT2D eigenvalue weighted by Gasteiger charge is -2.11. The summed E-state index contributed by atoms with van der Waals surface area (Å²) in [5, 5.41) is 9.19. The van der Waals surface area contributed by atoms with Gasteiger partial charge in [-0.05, 0) is 19.1 Å². The smallest absolute Gasteiger partial charge is 0.461 e. The second kappa shape index (κ2) is 6.00. The summed E-state index contributed by atoms with van der Waals surface area (Å²) in [5.41, 5.74) is -0.993. The molecule has 0 spiro atoms. The number of nitrogens with one attached hydrogen (secondary N) is 1. The fourth-order valence-corrected chi connectivity index (χ4v) is 1.66. The molecule has 0 atom stereocenters. The normalized spacial score (nSPS) is 11.3. The summed E-state index contributed by atoms with van der Waals surface area (Å²) < 4.78 is 59.0. The lowest BCUT2D eigenvalue weighted by atomic mass is 10.1. The third-order valence-electron chi connectivity index (χ3n) is 2.46. The van der Waals surface area contributed by atoms with Crippen molar-refractivity contribution in [3.63, 3.8) is 0 Å². The van der Waals surface area contributed by atoms with Gasteiger partial charge in [0.15, 0.2) is 17.3 Å². The summed E-state index contributed by atoms with van der Waals surface area (Å²) in [5.74, 6) is -3.24. The third-order valence-corrected chi connectivity index (χ3v) is 2.46. The Morgan fingerprint density at radius 3 is 2.68 bits per heavy atom. The van der Waals surface area contributed by atoms with Gasteiger partial charge in [0.05, 0.1) is 6.61 Å². The van der Waals surface area contributed by atoms with Crippen LogP contribution in [0, 0.1) is 5.82 Å². The lowest BCUT2D eigenvalue weighted by molar-refractivity contribution is -0.275. The molecule has 118 valence electrons. The zero-order valence-corrected chi connectivity index (χ0v) is 11.1. The molecule has 0 saturated carbocycles. The van der Waals surface area contributed by atoms with Gasteiger partial charge in [0, 0.05) is 5.56 Å². The fraction of sp³-hybridized carbons (Fsp3) is 0.250. The Morgan fingerprint density at radius 2 is 2.05 bits per heavy atom. The van der Waals surface area contributed by atoms with Crippen LogP contribution in [0.3, 0.4) is 0 Å². The monoisotopic (exact) mass is 319 g/mol. The van der Waals surface area contributed by atoms with Crippen LogP contribution in [0.15, 0.2) is 18.2 Å². The zero-order chi connectivity index (χ0) is 16.3. The molecule has 0 saturated heterocycles. The Morgan fingerprint density at radius 1 is 1.32 bits per heavy atom. The summed E-state index contributed by atoms with van der Waals surface area (Å²) in [6, 6.07) is 3.07. The van der Waals surface area contributed by atoms with Gasteiger partial charge in [-0.3, -0.25) is 0 Å². The molecule has 1 N–H and O–H groups in total. The van der Waals surface area contributed by atoms with Crippen LogP contribution >= 0.6 is 0 Å². The van der Waals surface area contributed by atoms with Crippen LogP contribution in [0.5, 0.6) is 5.75 Å². The van der Waals surface area contributed by atoms with Crippen molar-refractivity contribution in [2.45, 2.75) is 13.3 Å². The minimum absolute atomic E-state index is 0.0465. The summed E-state index contributed by atoms with van der Waals surface area (Å²) in [6.45, 7) is 1.60. The molecular formula is C12H9F4N3O3. The molecule has 0 bridgehead atoms. The molecule has 1 aromatic carbocycles. The van der Waals surface area contributed by atoms with E-state index in [1.54, 1.807) is 6.92 Å². The topological polar surface area (TPSA) is 77.1 Å². The Balaban J connectivity index is 2.44.